The number of hydrogen-bond acceptors (Lipinski definition) is 2. The molecular weight excluding hydrogens is 226 g/mol. The smallest absolute Gasteiger partial charge is 0.309 e. The molecule has 1 heterocycles. The van der Waals surface area contributed by atoms with E-state index in [1.54, 1.807) is 13.8 Å². The van der Waals surface area contributed by atoms with E-state index in [9.17, 15) is 9.90 Å². The van der Waals surface area contributed by atoms with Gasteiger partial charge in [0.1, 0.15) is 0 Å². The minimum atomic E-state index is -0.742. The number of carboxylic acid groups (broad SMARTS) is 1. The van der Waals surface area contributed by atoms with Gasteiger partial charge in [-0.3, -0.25) is 4.79 Å². The van der Waals surface area contributed by atoms with Gasteiger partial charge in [-0.2, -0.15) is 0 Å². The van der Waals surface area contributed by atoms with E-state index in [-0.39, 0.29) is 0 Å². The summed E-state index contributed by atoms with van der Waals surface area (Å²) in [6.07, 6.45) is 1.63. The second-order valence-corrected chi connectivity index (χ2v) is 5.99. The maximum absolute atomic E-state index is 11.2. The molecule has 0 fully saturated rings. The molecular formula is C15H21NO2. The molecule has 1 unspecified atom stereocenters. The highest BCUT2D eigenvalue weighted by atomic mass is 16.4. The molecule has 0 aromatic heterocycles. The number of hydrogen-bond donors (Lipinski definition) is 1. The quantitative estimate of drug-likeness (QED) is 0.892. The molecule has 0 spiro atoms. The van der Waals surface area contributed by atoms with Gasteiger partial charge >= 0.3 is 5.97 Å². The molecule has 0 saturated carbocycles. The minimum absolute atomic E-state index is 0.530. The largest absolute Gasteiger partial charge is 0.481 e. The number of nitrogens with zero attached hydrogens (tertiary/aromatic N) is 1. The summed E-state index contributed by atoms with van der Waals surface area (Å²) in [5.74, 6) is -0.742. The van der Waals surface area contributed by atoms with Crippen LogP contribution in [0.25, 0.3) is 0 Å². The van der Waals surface area contributed by atoms with Crippen LogP contribution in [-0.2, 0) is 17.6 Å². The van der Waals surface area contributed by atoms with E-state index in [0.717, 1.165) is 12.0 Å². The van der Waals surface area contributed by atoms with Crippen molar-refractivity contribution in [3.63, 3.8) is 0 Å². The molecule has 98 valence electrons. The molecule has 1 N–H and O–H groups in total. The molecule has 1 aromatic rings. The van der Waals surface area contributed by atoms with Crippen LogP contribution in [0.15, 0.2) is 18.2 Å². The number of carbonyl (C=O) groups is 1. The van der Waals surface area contributed by atoms with Crippen molar-refractivity contribution in [3.8, 4) is 0 Å². The average molecular weight is 247 g/mol. The van der Waals surface area contributed by atoms with Gasteiger partial charge in [0.25, 0.3) is 0 Å². The second-order valence-electron chi connectivity index (χ2n) is 5.99. The molecule has 0 saturated heterocycles. The predicted octanol–water partition coefficient (Wildman–Crippen LogP) is 2.72. The Morgan fingerprint density at radius 2 is 2.17 bits per heavy atom. The molecule has 0 bridgehead atoms. The van der Waals surface area contributed by atoms with Gasteiger partial charge in [0.15, 0.2) is 0 Å². The Hall–Kier alpha value is -1.51. The summed E-state index contributed by atoms with van der Waals surface area (Å²) >= 11 is 0. The summed E-state index contributed by atoms with van der Waals surface area (Å²) in [6, 6.07) is 6.87. The zero-order valence-corrected chi connectivity index (χ0v) is 11.5. The Balaban J connectivity index is 2.24. The van der Waals surface area contributed by atoms with Gasteiger partial charge < -0.3 is 10.0 Å². The molecule has 18 heavy (non-hydrogen) atoms. The van der Waals surface area contributed by atoms with Crippen molar-refractivity contribution in [2.75, 3.05) is 11.9 Å². The summed E-state index contributed by atoms with van der Waals surface area (Å²) < 4.78 is 0. The first-order valence-corrected chi connectivity index (χ1v) is 6.39. The number of benzene rings is 1. The molecule has 3 heteroatoms. The minimum Gasteiger partial charge on any atom is -0.481 e. The Bertz CT molecular complexity index is 479. The highest BCUT2D eigenvalue weighted by Crippen LogP contribution is 2.33. The number of rotatable bonds is 3. The van der Waals surface area contributed by atoms with Crippen molar-refractivity contribution in [2.45, 2.75) is 39.7 Å². The molecule has 3 nitrogen and oxygen atoms in total. The second kappa shape index (κ2) is 4.30. The Labute approximate surface area is 108 Å². The molecule has 1 atom stereocenters. The lowest BCUT2D eigenvalue weighted by Crippen LogP contribution is -2.26. The SMILES string of the molecule is CC1Cc2cc(CC(C)(C)C(=O)O)ccc2N1C. The van der Waals surface area contributed by atoms with Crippen LogP contribution >= 0.6 is 0 Å². The van der Waals surface area contributed by atoms with Crippen LogP contribution in [0.1, 0.15) is 31.9 Å². The van der Waals surface area contributed by atoms with Crippen LogP contribution in [0.4, 0.5) is 5.69 Å². The summed E-state index contributed by atoms with van der Waals surface area (Å²) in [5.41, 5.74) is 3.02. The molecule has 0 aliphatic carbocycles. The van der Waals surface area contributed by atoms with Gasteiger partial charge in [-0.05, 0) is 50.8 Å². The average Bonchev–Trinajstić information content (AvgIpc) is 2.53. The van der Waals surface area contributed by atoms with Crippen LogP contribution in [0, 0.1) is 5.41 Å². The first-order chi connectivity index (χ1) is 8.31. The van der Waals surface area contributed by atoms with Gasteiger partial charge in [0.2, 0.25) is 0 Å². The molecule has 1 aromatic carbocycles. The number of likely N-dealkylation sites (N-methyl/N-ethyl adjacent to an activating group) is 1. The topological polar surface area (TPSA) is 40.5 Å². The zero-order valence-electron chi connectivity index (χ0n) is 11.5. The fourth-order valence-electron chi connectivity index (χ4n) is 2.53. The van der Waals surface area contributed by atoms with Crippen LogP contribution in [0.5, 0.6) is 0 Å². The standard InChI is InChI=1S/C15H21NO2/c1-10-7-12-8-11(5-6-13(12)16(10)4)9-15(2,3)14(17)18/h5-6,8,10H,7,9H2,1-4H3,(H,17,18). The fraction of sp³-hybridized carbons (Fsp3) is 0.533. The lowest BCUT2D eigenvalue weighted by molar-refractivity contribution is -0.146. The lowest BCUT2D eigenvalue weighted by atomic mass is 9.85. The lowest BCUT2D eigenvalue weighted by Gasteiger charge is -2.20. The van der Waals surface area contributed by atoms with E-state index in [1.165, 1.54) is 11.3 Å². The third kappa shape index (κ3) is 2.22. The van der Waals surface area contributed by atoms with E-state index in [1.807, 2.05) is 0 Å². The molecule has 2 rings (SSSR count). The Kier molecular flexibility index (Phi) is 3.09. The summed E-state index contributed by atoms with van der Waals surface area (Å²) in [7, 11) is 2.11. The zero-order chi connectivity index (χ0) is 13.5. The van der Waals surface area contributed by atoms with Gasteiger partial charge in [-0.25, -0.2) is 0 Å². The number of anilines is 1. The van der Waals surface area contributed by atoms with E-state index in [2.05, 4.69) is 37.1 Å². The van der Waals surface area contributed by atoms with Gasteiger partial charge in [-0.1, -0.05) is 12.1 Å². The van der Waals surface area contributed by atoms with E-state index in [4.69, 9.17) is 0 Å². The fourth-order valence-corrected chi connectivity index (χ4v) is 2.53. The van der Waals surface area contributed by atoms with E-state index in [0.29, 0.717) is 12.5 Å². The van der Waals surface area contributed by atoms with Crippen molar-refractivity contribution >= 4 is 11.7 Å². The van der Waals surface area contributed by atoms with Gasteiger partial charge in [0, 0.05) is 18.8 Å². The monoisotopic (exact) mass is 247 g/mol. The highest BCUT2D eigenvalue weighted by Gasteiger charge is 2.29. The summed E-state index contributed by atoms with van der Waals surface area (Å²) in [5, 5.41) is 9.17. The first-order valence-electron chi connectivity index (χ1n) is 6.39. The van der Waals surface area contributed by atoms with Crippen LogP contribution in [-0.4, -0.2) is 24.2 Å². The third-order valence-electron chi connectivity index (χ3n) is 3.93. The van der Waals surface area contributed by atoms with E-state index < -0.39 is 11.4 Å². The summed E-state index contributed by atoms with van der Waals surface area (Å²) in [4.78, 5) is 13.4. The number of carboxylic acids is 1. The van der Waals surface area contributed by atoms with Gasteiger partial charge in [-0.15, -0.1) is 0 Å². The van der Waals surface area contributed by atoms with Crippen LogP contribution in [0.2, 0.25) is 0 Å². The third-order valence-corrected chi connectivity index (χ3v) is 3.93. The van der Waals surface area contributed by atoms with Crippen molar-refractivity contribution in [2.24, 2.45) is 5.41 Å². The predicted molar refractivity (Wildman–Crippen MR) is 73.1 cm³/mol. The van der Waals surface area contributed by atoms with Crippen molar-refractivity contribution in [1.82, 2.24) is 0 Å². The Morgan fingerprint density at radius 1 is 1.50 bits per heavy atom. The molecule has 1 aliphatic rings. The number of aliphatic carboxylic acids is 1. The Morgan fingerprint density at radius 3 is 2.78 bits per heavy atom. The molecule has 0 amide bonds. The van der Waals surface area contributed by atoms with Crippen LogP contribution < -0.4 is 4.90 Å². The molecule has 1 aliphatic heterocycles. The maximum Gasteiger partial charge on any atom is 0.309 e. The normalized spacial score (nSPS) is 18.9. The molecule has 0 radical (unpaired) electrons. The van der Waals surface area contributed by atoms with Crippen molar-refractivity contribution in [1.29, 1.82) is 0 Å². The summed E-state index contributed by atoms with van der Waals surface area (Å²) in [6.45, 7) is 5.76. The number of fused-ring (bicyclic) bond motifs is 1. The van der Waals surface area contributed by atoms with Crippen molar-refractivity contribution in [3.05, 3.63) is 29.3 Å². The van der Waals surface area contributed by atoms with E-state index >= 15 is 0 Å². The maximum atomic E-state index is 11.2. The van der Waals surface area contributed by atoms with Gasteiger partial charge in [0.05, 0.1) is 5.41 Å². The van der Waals surface area contributed by atoms with Crippen molar-refractivity contribution < 1.29 is 9.90 Å². The van der Waals surface area contributed by atoms with Crippen LogP contribution in [0.3, 0.4) is 0 Å². The first kappa shape index (κ1) is 12.9. The highest BCUT2D eigenvalue weighted by molar-refractivity contribution is 5.74.